The normalized spacial score (nSPS) is 27.1. The highest BCUT2D eigenvalue weighted by atomic mass is 16.5. The summed E-state index contributed by atoms with van der Waals surface area (Å²) in [5.41, 5.74) is 2.14. The standard InChI is InChI=1S/C11H23N3O2/c1-4-8(2)14(3)7-9-5-6-10(16-9)11(15)13-12/h8-10H,4-7,12H2,1-3H3,(H,13,15). The van der Waals surface area contributed by atoms with Gasteiger partial charge in [0.2, 0.25) is 0 Å². The Kier molecular flexibility index (Phi) is 5.18. The summed E-state index contributed by atoms with van der Waals surface area (Å²) >= 11 is 0. The van der Waals surface area contributed by atoms with Crippen LogP contribution in [0.2, 0.25) is 0 Å². The molecular weight excluding hydrogens is 206 g/mol. The summed E-state index contributed by atoms with van der Waals surface area (Å²) in [6.45, 7) is 5.24. The zero-order valence-electron chi connectivity index (χ0n) is 10.4. The van der Waals surface area contributed by atoms with Gasteiger partial charge < -0.3 is 9.64 Å². The highest BCUT2D eigenvalue weighted by Crippen LogP contribution is 2.21. The van der Waals surface area contributed by atoms with Crippen molar-refractivity contribution < 1.29 is 9.53 Å². The Bertz CT molecular complexity index is 235. The van der Waals surface area contributed by atoms with Gasteiger partial charge in [0.15, 0.2) is 0 Å². The lowest BCUT2D eigenvalue weighted by Crippen LogP contribution is -2.40. The Morgan fingerprint density at radius 2 is 2.31 bits per heavy atom. The van der Waals surface area contributed by atoms with Gasteiger partial charge in [0.1, 0.15) is 6.10 Å². The van der Waals surface area contributed by atoms with E-state index >= 15 is 0 Å². The molecule has 1 amide bonds. The van der Waals surface area contributed by atoms with Crippen LogP contribution in [0.4, 0.5) is 0 Å². The monoisotopic (exact) mass is 229 g/mol. The molecule has 0 aromatic rings. The van der Waals surface area contributed by atoms with Crippen molar-refractivity contribution in [2.24, 2.45) is 5.84 Å². The molecule has 0 spiro atoms. The van der Waals surface area contributed by atoms with Crippen molar-refractivity contribution in [3.05, 3.63) is 0 Å². The number of nitrogens with one attached hydrogen (secondary N) is 1. The van der Waals surface area contributed by atoms with Crippen LogP contribution >= 0.6 is 0 Å². The summed E-state index contributed by atoms with van der Waals surface area (Å²) < 4.78 is 5.65. The molecule has 1 heterocycles. The maximum absolute atomic E-state index is 11.3. The predicted octanol–water partition coefficient (Wildman–Crippen LogP) is 0.254. The Morgan fingerprint density at radius 3 is 2.88 bits per heavy atom. The van der Waals surface area contributed by atoms with E-state index in [0.717, 1.165) is 25.8 Å². The van der Waals surface area contributed by atoms with Gasteiger partial charge in [-0.15, -0.1) is 0 Å². The molecule has 3 unspecified atom stereocenters. The van der Waals surface area contributed by atoms with Gasteiger partial charge in [0.25, 0.3) is 5.91 Å². The van der Waals surface area contributed by atoms with Crippen molar-refractivity contribution in [2.45, 2.75) is 51.4 Å². The van der Waals surface area contributed by atoms with Crippen LogP contribution in [-0.4, -0.2) is 42.6 Å². The second-order valence-corrected chi connectivity index (χ2v) is 4.53. The molecule has 16 heavy (non-hydrogen) atoms. The minimum Gasteiger partial charge on any atom is -0.364 e. The van der Waals surface area contributed by atoms with Crippen molar-refractivity contribution in [2.75, 3.05) is 13.6 Å². The number of nitrogens with zero attached hydrogens (tertiary/aromatic N) is 1. The molecule has 0 aromatic carbocycles. The molecule has 3 atom stereocenters. The zero-order valence-corrected chi connectivity index (χ0v) is 10.4. The van der Waals surface area contributed by atoms with E-state index in [2.05, 4.69) is 31.2 Å². The zero-order chi connectivity index (χ0) is 12.1. The van der Waals surface area contributed by atoms with Crippen LogP contribution in [-0.2, 0) is 9.53 Å². The fourth-order valence-corrected chi connectivity index (χ4v) is 1.94. The van der Waals surface area contributed by atoms with E-state index in [1.54, 1.807) is 0 Å². The quantitative estimate of drug-likeness (QED) is 0.403. The lowest BCUT2D eigenvalue weighted by molar-refractivity contribution is -0.132. The van der Waals surface area contributed by atoms with Gasteiger partial charge in [0, 0.05) is 12.6 Å². The third kappa shape index (κ3) is 3.43. The summed E-state index contributed by atoms with van der Waals surface area (Å²) in [7, 11) is 2.09. The van der Waals surface area contributed by atoms with Crippen molar-refractivity contribution in [3.8, 4) is 0 Å². The number of carbonyl (C=O) groups is 1. The molecule has 5 nitrogen and oxygen atoms in total. The number of likely N-dealkylation sites (N-methyl/N-ethyl adjacent to an activating group) is 1. The molecule has 1 aliphatic rings. The first kappa shape index (κ1) is 13.4. The largest absolute Gasteiger partial charge is 0.364 e. The van der Waals surface area contributed by atoms with Crippen LogP contribution in [0.3, 0.4) is 0 Å². The van der Waals surface area contributed by atoms with Gasteiger partial charge in [-0.2, -0.15) is 0 Å². The van der Waals surface area contributed by atoms with Gasteiger partial charge >= 0.3 is 0 Å². The molecule has 3 N–H and O–H groups in total. The van der Waals surface area contributed by atoms with Crippen LogP contribution in [0, 0.1) is 0 Å². The first-order valence-corrected chi connectivity index (χ1v) is 5.94. The molecular formula is C11H23N3O2. The molecule has 0 aliphatic carbocycles. The second kappa shape index (κ2) is 6.18. The minimum atomic E-state index is -0.361. The fourth-order valence-electron chi connectivity index (χ4n) is 1.94. The Labute approximate surface area is 97.3 Å². The SMILES string of the molecule is CCC(C)N(C)CC1CCC(C(=O)NN)O1. The van der Waals surface area contributed by atoms with E-state index in [1.165, 1.54) is 0 Å². The molecule has 5 heteroatoms. The van der Waals surface area contributed by atoms with Crippen LogP contribution in [0.25, 0.3) is 0 Å². The topological polar surface area (TPSA) is 67.6 Å². The highest BCUT2D eigenvalue weighted by Gasteiger charge is 2.31. The van der Waals surface area contributed by atoms with Crippen LogP contribution < -0.4 is 11.3 Å². The first-order valence-electron chi connectivity index (χ1n) is 5.94. The molecule has 0 radical (unpaired) electrons. The minimum absolute atomic E-state index is 0.154. The first-order chi connectivity index (χ1) is 7.58. The summed E-state index contributed by atoms with van der Waals surface area (Å²) in [6, 6.07) is 0.547. The van der Waals surface area contributed by atoms with Gasteiger partial charge in [-0.1, -0.05) is 6.92 Å². The summed E-state index contributed by atoms with van der Waals surface area (Å²) in [4.78, 5) is 13.5. The molecule has 1 rings (SSSR count). The number of carbonyl (C=O) groups excluding carboxylic acids is 1. The van der Waals surface area contributed by atoms with E-state index in [9.17, 15) is 4.79 Å². The third-order valence-electron chi connectivity index (χ3n) is 3.38. The van der Waals surface area contributed by atoms with Crippen LogP contribution in [0.5, 0.6) is 0 Å². The maximum atomic E-state index is 11.3. The average molecular weight is 229 g/mol. The number of hydrazine groups is 1. The van der Waals surface area contributed by atoms with Gasteiger partial charge in [0.05, 0.1) is 6.10 Å². The lowest BCUT2D eigenvalue weighted by atomic mass is 10.1. The van der Waals surface area contributed by atoms with Crippen LogP contribution in [0.15, 0.2) is 0 Å². The molecule has 0 saturated carbocycles. The third-order valence-corrected chi connectivity index (χ3v) is 3.38. The van der Waals surface area contributed by atoms with Crippen molar-refractivity contribution in [3.63, 3.8) is 0 Å². The van der Waals surface area contributed by atoms with Crippen LogP contribution in [0.1, 0.15) is 33.1 Å². The molecule has 1 fully saturated rings. The van der Waals surface area contributed by atoms with Gasteiger partial charge in [-0.25, -0.2) is 5.84 Å². The second-order valence-electron chi connectivity index (χ2n) is 4.53. The van der Waals surface area contributed by atoms with Crippen molar-refractivity contribution in [1.82, 2.24) is 10.3 Å². The number of nitrogens with two attached hydrogens (primary N) is 1. The summed E-state index contributed by atoms with van der Waals surface area (Å²) in [6.07, 6.45) is 2.61. The number of ether oxygens (including phenoxy) is 1. The summed E-state index contributed by atoms with van der Waals surface area (Å²) in [5, 5.41) is 0. The number of hydrogen-bond acceptors (Lipinski definition) is 4. The number of rotatable bonds is 5. The average Bonchev–Trinajstić information content (AvgIpc) is 2.75. The van der Waals surface area contributed by atoms with E-state index in [4.69, 9.17) is 10.6 Å². The van der Waals surface area contributed by atoms with E-state index in [1.807, 2.05) is 0 Å². The van der Waals surface area contributed by atoms with Gasteiger partial charge in [-0.05, 0) is 33.2 Å². The fraction of sp³-hybridized carbons (Fsp3) is 0.909. The highest BCUT2D eigenvalue weighted by molar-refractivity contribution is 5.80. The van der Waals surface area contributed by atoms with E-state index in [-0.39, 0.29) is 18.1 Å². The molecule has 0 aromatic heterocycles. The van der Waals surface area contributed by atoms with E-state index < -0.39 is 0 Å². The van der Waals surface area contributed by atoms with E-state index in [0.29, 0.717) is 6.04 Å². The predicted molar refractivity (Wildman–Crippen MR) is 62.6 cm³/mol. The molecule has 94 valence electrons. The smallest absolute Gasteiger partial charge is 0.263 e. The summed E-state index contributed by atoms with van der Waals surface area (Å²) in [5.74, 6) is 4.86. The maximum Gasteiger partial charge on any atom is 0.263 e. The Hall–Kier alpha value is -0.650. The Morgan fingerprint density at radius 1 is 1.62 bits per heavy atom. The number of hydrogen-bond donors (Lipinski definition) is 2. The van der Waals surface area contributed by atoms with Crippen molar-refractivity contribution >= 4 is 5.91 Å². The molecule has 1 aliphatic heterocycles. The van der Waals surface area contributed by atoms with Crippen molar-refractivity contribution in [1.29, 1.82) is 0 Å². The number of amides is 1. The lowest BCUT2D eigenvalue weighted by Gasteiger charge is -2.26. The molecule has 0 bridgehead atoms. The molecule has 1 saturated heterocycles. The Balaban J connectivity index is 2.33. The van der Waals surface area contributed by atoms with Gasteiger partial charge in [-0.3, -0.25) is 10.2 Å².